The second kappa shape index (κ2) is 8.09. The van der Waals surface area contributed by atoms with Gasteiger partial charge in [0.15, 0.2) is 18.1 Å². The molecule has 1 amide bonds. The minimum absolute atomic E-state index is 0.220. The number of ether oxygens (including phenoxy) is 2. The Morgan fingerprint density at radius 3 is 2.73 bits per heavy atom. The van der Waals surface area contributed by atoms with Crippen molar-refractivity contribution in [3.8, 4) is 28.1 Å². The molecule has 0 saturated heterocycles. The molecule has 7 nitrogen and oxygen atoms in total. The highest BCUT2D eigenvalue weighted by atomic mass is 32.1. The zero-order chi connectivity index (χ0) is 18.4. The first-order chi connectivity index (χ1) is 12.7. The Kier molecular flexibility index (Phi) is 5.41. The molecule has 1 aromatic heterocycles. The van der Waals surface area contributed by atoms with E-state index in [2.05, 4.69) is 15.5 Å². The monoisotopic (exact) mass is 366 g/mol. The van der Waals surface area contributed by atoms with Crippen LogP contribution in [-0.4, -0.2) is 29.8 Å². The van der Waals surface area contributed by atoms with Gasteiger partial charge in [-0.25, -0.2) is 0 Å². The Labute approximate surface area is 153 Å². The lowest BCUT2D eigenvalue weighted by molar-refractivity contribution is -0.118. The first kappa shape index (κ1) is 17.4. The molecule has 2 aromatic carbocycles. The van der Waals surface area contributed by atoms with Crippen LogP contribution in [0.5, 0.6) is 11.5 Å². The topological polar surface area (TPSA) is 97.1 Å². The number of hydrogen-bond acceptors (Lipinski definition) is 7. The Bertz CT molecular complexity index is 951. The average Bonchev–Trinajstić information content (AvgIpc) is 3.15. The van der Waals surface area contributed by atoms with Crippen molar-refractivity contribution in [2.45, 2.75) is 0 Å². The van der Waals surface area contributed by atoms with Crippen LogP contribution in [0.25, 0.3) is 10.6 Å². The Morgan fingerprint density at radius 2 is 2.00 bits per heavy atom. The number of rotatable bonds is 6. The maximum absolute atomic E-state index is 12.1. The molecule has 0 aliphatic carbocycles. The summed E-state index contributed by atoms with van der Waals surface area (Å²) in [6.07, 6.45) is 0. The summed E-state index contributed by atoms with van der Waals surface area (Å²) in [4.78, 5) is 12.1. The largest absolute Gasteiger partial charge is 0.493 e. The fourth-order valence-corrected chi connectivity index (χ4v) is 2.89. The highest BCUT2D eigenvalue weighted by molar-refractivity contribution is 7.18. The van der Waals surface area contributed by atoms with Crippen LogP contribution in [0, 0.1) is 11.3 Å². The first-order valence-electron chi connectivity index (χ1n) is 7.59. The molecule has 0 bridgehead atoms. The van der Waals surface area contributed by atoms with Crippen LogP contribution in [0.4, 0.5) is 5.13 Å². The Morgan fingerprint density at radius 1 is 1.19 bits per heavy atom. The molecule has 3 rings (SSSR count). The normalized spacial score (nSPS) is 10.0. The van der Waals surface area contributed by atoms with E-state index in [4.69, 9.17) is 14.7 Å². The number of benzene rings is 2. The van der Waals surface area contributed by atoms with E-state index >= 15 is 0 Å². The highest BCUT2D eigenvalue weighted by Gasteiger charge is 2.12. The van der Waals surface area contributed by atoms with E-state index in [1.807, 2.05) is 36.4 Å². The van der Waals surface area contributed by atoms with Gasteiger partial charge in [-0.05, 0) is 12.1 Å². The van der Waals surface area contributed by atoms with Crippen molar-refractivity contribution >= 4 is 22.4 Å². The van der Waals surface area contributed by atoms with Gasteiger partial charge in [0, 0.05) is 11.6 Å². The van der Waals surface area contributed by atoms with Gasteiger partial charge in [0.05, 0.1) is 18.7 Å². The number of carbonyl (C=O) groups excluding carboxylic acids is 1. The van der Waals surface area contributed by atoms with Crippen LogP contribution < -0.4 is 14.8 Å². The van der Waals surface area contributed by atoms with Crippen LogP contribution in [0.1, 0.15) is 5.56 Å². The van der Waals surface area contributed by atoms with Gasteiger partial charge < -0.3 is 9.47 Å². The fourth-order valence-electron chi connectivity index (χ4n) is 2.13. The average molecular weight is 366 g/mol. The van der Waals surface area contributed by atoms with E-state index < -0.39 is 0 Å². The lowest BCUT2D eigenvalue weighted by Crippen LogP contribution is -2.20. The zero-order valence-corrected chi connectivity index (χ0v) is 14.6. The van der Waals surface area contributed by atoms with Gasteiger partial charge in [-0.3, -0.25) is 10.1 Å². The highest BCUT2D eigenvalue weighted by Crippen LogP contribution is 2.28. The summed E-state index contributed by atoms with van der Waals surface area (Å²) in [6.45, 7) is -0.220. The van der Waals surface area contributed by atoms with Crippen LogP contribution in [-0.2, 0) is 4.79 Å². The van der Waals surface area contributed by atoms with E-state index in [0.717, 1.165) is 10.6 Å². The minimum atomic E-state index is -0.368. The second-order valence-corrected chi connectivity index (χ2v) is 6.07. The van der Waals surface area contributed by atoms with Crippen molar-refractivity contribution < 1.29 is 14.3 Å². The van der Waals surface area contributed by atoms with Crippen molar-refractivity contribution in [2.24, 2.45) is 0 Å². The molecule has 8 heteroatoms. The number of nitrogens with zero attached hydrogens (tertiary/aromatic N) is 3. The quantitative estimate of drug-likeness (QED) is 0.720. The summed E-state index contributed by atoms with van der Waals surface area (Å²) in [5.41, 5.74) is 1.38. The Balaban J connectivity index is 1.60. The van der Waals surface area contributed by atoms with Gasteiger partial charge in [0.1, 0.15) is 5.01 Å². The number of anilines is 1. The van der Waals surface area contributed by atoms with Crippen molar-refractivity contribution in [1.29, 1.82) is 5.26 Å². The molecule has 0 saturated carbocycles. The molecule has 0 fully saturated rings. The molecule has 0 radical (unpaired) electrons. The molecule has 0 unspecified atom stereocenters. The molecule has 0 atom stereocenters. The number of amides is 1. The lowest BCUT2D eigenvalue weighted by atomic mass is 10.2. The van der Waals surface area contributed by atoms with Gasteiger partial charge in [-0.15, -0.1) is 10.2 Å². The Hall–Kier alpha value is -3.44. The molecule has 1 N–H and O–H groups in total. The molecule has 0 aliphatic heterocycles. The predicted molar refractivity (Wildman–Crippen MR) is 97.2 cm³/mol. The first-order valence-corrected chi connectivity index (χ1v) is 8.41. The van der Waals surface area contributed by atoms with Crippen molar-refractivity contribution in [3.63, 3.8) is 0 Å². The molecule has 130 valence electrons. The number of nitriles is 1. The lowest BCUT2D eigenvalue weighted by Gasteiger charge is -2.10. The molecule has 1 heterocycles. The van der Waals surface area contributed by atoms with Gasteiger partial charge in [-0.2, -0.15) is 5.26 Å². The van der Waals surface area contributed by atoms with Crippen LogP contribution >= 0.6 is 11.3 Å². The minimum Gasteiger partial charge on any atom is -0.493 e. The van der Waals surface area contributed by atoms with Gasteiger partial charge in [0.25, 0.3) is 5.91 Å². The van der Waals surface area contributed by atoms with E-state index in [9.17, 15) is 4.79 Å². The molecule has 0 aliphatic rings. The molecule has 26 heavy (non-hydrogen) atoms. The van der Waals surface area contributed by atoms with Crippen molar-refractivity contribution in [2.75, 3.05) is 19.0 Å². The second-order valence-electron chi connectivity index (χ2n) is 5.09. The third kappa shape index (κ3) is 4.15. The van der Waals surface area contributed by atoms with Gasteiger partial charge >= 0.3 is 0 Å². The fraction of sp³-hybridized carbons (Fsp3) is 0.111. The van der Waals surface area contributed by atoms with E-state index in [1.165, 1.54) is 18.4 Å². The van der Waals surface area contributed by atoms with Crippen molar-refractivity contribution in [1.82, 2.24) is 10.2 Å². The standard InChI is InChI=1S/C18H14N4O3S/c1-24-15-9-12(10-19)7-8-14(15)25-11-16(23)20-18-22-21-17(26-18)13-5-3-2-4-6-13/h2-9H,11H2,1H3,(H,20,22,23). The molecule has 0 spiro atoms. The van der Waals surface area contributed by atoms with E-state index in [1.54, 1.807) is 18.2 Å². The van der Waals surface area contributed by atoms with Crippen LogP contribution in [0.2, 0.25) is 0 Å². The predicted octanol–water partition coefficient (Wildman–Crippen LogP) is 3.10. The van der Waals surface area contributed by atoms with E-state index in [-0.39, 0.29) is 12.5 Å². The van der Waals surface area contributed by atoms with Crippen molar-refractivity contribution in [3.05, 3.63) is 54.1 Å². The summed E-state index contributed by atoms with van der Waals surface area (Å²) in [6, 6.07) is 16.3. The smallest absolute Gasteiger partial charge is 0.264 e. The number of nitrogens with one attached hydrogen (secondary N) is 1. The van der Waals surface area contributed by atoms with Gasteiger partial charge in [-0.1, -0.05) is 41.7 Å². The third-order valence-electron chi connectivity index (χ3n) is 3.34. The summed E-state index contributed by atoms with van der Waals surface area (Å²) in [5.74, 6) is 0.398. The van der Waals surface area contributed by atoms with E-state index in [0.29, 0.717) is 22.2 Å². The van der Waals surface area contributed by atoms with Gasteiger partial charge in [0.2, 0.25) is 5.13 Å². The third-order valence-corrected chi connectivity index (χ3v) is 4.23. The van der Waals surface area contributed by atoms with Crippen LogP contribution in [0.15, 0.2) is 48.5 Å². The maximum Gasteiger partial charge on any atom is 0.264 e. The summed E-state index contributed by atoms with van der Waals surface area (Å²) in [5, 5.41) is 20.7. The number of aromatic nitrogens is 2. The molecule has 3 aromatic rings. The summed E-state index contributed by atoms with van der Waals surface area (Å²) < 4.78 is 10.6. The summed E-state index contributed by atoms with van der Waals surface area (Å²) >= 11 is 1.28. The number of methoxy groups -OCH3 is 1. The SMILES string of the molecule is COc1cc(C#N)ccc1OCC(=O)Nc1nnc(-c2ccccc2)s1. The number of carbonyl (C=O) groups is 1. The maximum atomic E-state index is 12.1. The molecular formula is C18H14N4O3S. The summed E-state index contributed by atoms with van der Waals surface area (Å²) in [7, 11) is 1.47. The zero-order valence-electron chi connectivity index (χ0n) is 13.8. The number of hydrogen-bond donors (Lipinski definition) is 1. The van der Waals surface area contributed by atoms with Crippen LogP contribution in [0.3, 0.4) is 0 Å². The molecular weight excluding hydrogens is 352 g/mol.